The van der Waals surface area contributed by atoms with E-state index in [9.17, 15) is 14.7 Å². The number of aliphatic carboxylic acids is 1. The maximum Gasteiger partial charge on any atom is 0.326 e. The zero-order valence-electron chi connectivity index (χ0n) is 12.3. The van der Waals surface area contributed by atoms with E-state index in [1.165, 1.54) is 0 Å². The van der Waals surface area contributed by atoms with Crippen LogP contribution in [0.1, 0.15) is 32.1 Å². The first-order chi connectivity index (χ1) is 10.1. The van der Waals surface area contributed by atoms with Crippen molar-refractivity contribution in [1.29, 1.82) is 0 Å². The standard InChI is InChI=1S/C15H24N2O4/c1-2-9-21-12-7-8-17(10-12)15(20)16-13(14(18)19)11-5-3-4-6-11/h2,11-13H,1,3-10H2,(H,16,20)(H,18,19)/t12-,13+/m1/s1. The third kappa shape index (κ3) is 4.20. The number of rotatable bonds is 6. The van der Waals surface area contributed by atoms with Gasteiger partial charge in [0.15, 0.2) is 0 Å². The Morgan fingerprint density at radius 1 is 1.38 bits per heavy atom. The summed E-state index contributed by atoms with van der Waals surface area (Å²) in [5, 5.41) is 12.0. The summed E-state index contributed by atoms with van der Waals surface area (Å²) in [5.41, 5.74) is 0. The quantitative estimate of drug-likeness (QED) is 0.730. The van der Waals surface area contributed by atoms with E-state index in [2.05, 4.69) is 11.9 Å². The molecule has 0 aromatic carbocycles. The molecule has 2 amide bonds. The van der Waals surface area contributed by atoms with Crippen LogP contribution in [0, 0.1) is 5.92 Å². The number of amides is 2. The van der Waals surface area contributed by atoms with Gasteiger partial charge in [0.05, 0.1) is 12.7 Å². The van der Waals surface area contributed by atoms with Crippen molar-refractivity contribution < 1.29 is 19.4 Å². The topological polar surface area (TPSA) is 78.9 Å². The molecule has 0 bridgehead atoms. The monoisotopic (exact) mass is 296 g/mol. The van der Waals surface area contributed by atoms with Crippen LogP contribution in [0.2, 0.25) is 0 Å². The Balaban J connectivity index is 1.84. The number of carboxylic acid groups (broad SMARTS) is 1. The van der Waals surface area contributed by atoms with Gasteiger partial charge in [-0.1, -0.05) is 18.9 Å². The van der Waals surface area contributed by atoms with Crippen LogP contribution < -0.4 is 5.32 Å². The van der Waals surface area contributed by atoms with Crippen LogP contribution >= 0.6 is 0 Å². The predicted molar refractivity (Wildman–Crippen MR) is 78.0 cm³/mol. The fraction of sp³-hybridized carbons (Fsp3) is 0.733. The lowest BCUT2D eigenvalue weighted by molar-refractivity contribution is -0.140. The minimum Gasteiger partial charge on any atom is -0.480 e. The Kier molecular flexibility index (Phi) is 5.61. The number of likely N-dealkylation sites (tertiary alicyclic amines) is 1. The van der Waals surface area contributed by atoms with Crippen molar-refractivity contribution in [3.8, 4) is 0 Å². The summed E-state index contributed by atoms with van der Waals surface area (Å²) in [5.74, 6) is -0.879. The van der Waals surface area contributed by atoms with Gasteiger partial charge in [-0.2, -0.15) is 0 Å². The van der Waals surface area contributed by atoms with E-state index in [0.29, 0.717) is 19.7 Å². The fourth-order valence-corrected chi connectivity index (χ4v) is 3.15. The highest BCUT2D eigenvalue weighted by Crippen LogP contribution is 2.28. The number of nitrogens with one attached hydrogen (secondary N) is 1. The lowest BCUT2D eigenvalue weighted by atomic mass is 9.98. The molecule has 1 heterocycles. The molecule has 1 aliphatic carbocycles. The summed E-state index contributed by atoms with van der Waals surface area (Å²) >= 11 is 0. The first-order valence-electron chi connectivity index (χ1n) is 7.62. The van der Waals surface area contributed by atoms with E-state index in [-0.39, 0.29) is 18.1 Å². The zero-order valence-corrected chi connectivity index (χ0v) is 12.3. The van der Waals surface area contributed by atoms with Crippen LogP contribution in [0.4, 0.5) is 4.79 Å². The number of urea groups is 1. The molecule has 2 N–H and O–H groups in total. The SMILES string of the molecule is C=CCO[C@@H]1CCN(C(=O)N[C@H](C(=O)O)C2CCCC2)C1. The van der Waals surface area contributed by atoms with Crippen molar-refractivity contribution in [1.82, 2.24) is 10.2 Å². The highest BCUT2D eigenvalue weighted by molar-refractivity contribution is 5.83. The third-order valence-electron chi connectivity index (χ3n) is 4.30. The molecule has 0 unspecified atom stereocenters. The van der Waals surface area contributed by atoms with Crippen LogP contribution in [-0.2, 0) is 9.53 Å². The van der Waals surface area contributed by atoms with Crippen molar-refractivity contribution in [3.05, 3.63) is 12.7 Å². The maximum absolute atomic E-state index is 12.2. The second-order valence-electron chi connectivity index (χ2n) is 5.79. The van der Waals surface area contributed by atoms with E-state index in [1.54, 1.807) is 11.0 Å². The van der Waals surface area contributed by atoms with Gasteiger partial charge in [0.1, 0.15) is 6.04 Å². The van der Waals surface area contributed by atoms with E-state index >= 15 is 0 Å². The van der Waals surface area contributed by atoms with Gasteiger partial charge in [0, 0.05) is 13.1 Å². The first kappa shape index (κ1) is 15.8. The minimum atomic E-state index is -0.936. The van der Waals surface area contributed by atoms with E-state index < -0.39 is 12.0 Å². The Labute approximate surface area is 125 Å². The van der Waals surface area contributed by atoms with E-state index in [1.807, 2.05) is 0 Å². The molecule has 0 aromatic rings. The molecule has 0 radical (unpaired) electrons. The molecule has 1 saturated carbocycles. The summed E-state index contributed by atoms with van der Waals surface area (Å²) < 4.78 is 5.53. The van der Waals surface area contributed by atoms with Crippen molar-refractivity contribution in [2.45, 2.75) is 44.2 Å². The minimum absolute atomic E-state index is 0.0171. The summed E-state index contributed by atoms with van der Waals surface area (Å²) in [4.78, 5) is 25.2. The van der Waals surface area contributed by atoms with Gasteiger partial charge in [-0.25, -0.2) is 9.59 Å². The van der Waals surface area contributed by atoms with Crippen molar-refractivity contribution in [2.75, 3.05) is 19.7 Å². The molecule has 2 rings (SSSR count). The van der Waals surface area contributed by atoms with Gasteiger partial charge in [-0.15, -0.1) is 6.58 Å². The fourth-order valence-electron chi connectivity index (χ4n) is 3.15. The molecular weight excluding hydrogens is 272 g/mol. The van der Waals surface area contributed by atoms with Gasteiger partial charge in [0.25, 0.3) is 0 Å². The number of nitrogens with zero attached hydrogens (tertiary/aromatic N) is 1. The normalized spacial score (nSPS) is 24.0. The Morgan fingerprint density at radius 3 is 2.71 bits per heavy atom. The average molecular weight is 296 g/mol. The van der Waals surface area contributed by atoms with Gasteiger partial charge in [-0.3, -0.25) is 0 Å². The average Bonchev–Trinajstić information content (AvgIpc) is 3.13. The molecule has 1 saturated heterocycles. The Bertz CT molecular complexity index is 393. The van der Waals surface area contributed by atoms with Crippen LogP contribution in [0.25, 0.3) is 0 Å². The van der Waals surface area contributed by atoms with Gasteiger partial charge in [0.2, 0.25) is 0 Å². The van der Waals surface area contributed by atoms with Crippen LogP contribution in [0.5, 0.6) is 0 Å². The Morgan fingerprint density at radius 2 is 2.10 bits per heavy atom. The Hall–Kier alpha value is -1.56. The second-order valence-corrected chi connectivity index (χ2v) is 5.79. The molecule has 6 nitrogen and oxygen atoms in total. The molecule has 2 atom stereocenters. The summed E-state index contributed by atoms with van der Waals surface area (Å²) in [6, 6.07) is -1.06. The molecule has 0 aromatic heterocycles. The zero-order chi connectivity index (χ0) is 15.2. The molecule has 6 heteroatoms. The molecule has 2 aliphatic rings. The first-order valence-corrected chi connectivity index (χ1v) is 7.62. The number of carbonyl (C=O) groups is 2. The number of hydrogen-bond donors (Lipinski definition) is 2. The van der Waals surface area contributed by atoms with Crippen LogP contribution in [-0.4, -0.2) is 53.8 Å². The molecule has 21 heavy (non-hydrogen) atoms. The molecular formula is C15H24N2O4. The summed E-state index contributed by atoms with van der Waals surface area (Å²) in [7, 11) is 0. The maximum atomic E-state index is 12.2. The lowest BCUT2D eigenvalue weighted by Gasteiger charge is -2.24. The van der Waals surface area contributed by atoms with Gasteiger partial charge >= 0.3 is 12.0 Å². The van der Waals surface area contributed by atoms with Crippen molar-refractivity contribution >= 4 is 12.0 Å². The predicted octanol–water partition coefficient (Wildman–Crippen LogP) is 1.62. The number of carbonyl (C=O) groups excluding carboxylic acids is 1. The highest BCUT2D eigenvalue weighted by Gasteiger charge is 2.34. The smallest absolute Gasteiger partial charge is 0.326 e. The summed E-state index contributed by atoms with van der Waals surface area (Å²) in [6.45, 7) is 5.18. The third-order valence-corrected chi connectivity index (χ3v) is 4.30. The van der Waals surface area contributed by atoms with Crippen LogP contribution in [0.15, 0.2) is 12.7 Å². The number of ether oxygens (including phenoxy) is 1. The molecule has 1 aliphatic heterocycles. The van der Waals surface area contributed by atoms with Crippen molar-refractivity contribution in [3.63, 3.8) is 0 Å². The second kappa shape index (κ2) is 7.45. The number of carboxylic acids is 1. The molecule has 2 fully saturated rings. The lowest BCUT2D eigenvalue weighted by Crippen LogP contribution is -2.50. The van der Waals surface area contributed by atoms with Gasteiger partial charge in [-0.05, 0) is 25.2 Å². The van der Waals surface area contributed by atoms with Crippen molar-refractivity contribution in [2.24, 2.45) is 5.92 Å². The van der Waals surface area contributed by atoms with Crippen LogP contribution in [0.3, 0.4) is 0 Å². The number of hydrogen-bond acceptors (Lipinski definition) is 3. The summed E-state index contributed by atoms with van der Waals surface area (Å²) in [6.07, 6.45) is 6.33. The molecule has 0 spiro atoms. The van der Waals surface area contributed by atoms with E-state index in [4.69, 9.17) is 4.74 Å². The van der Waals surface area contributed by atoms with E-state index in [0.717, 1.165) is 32.1 Å². The largest absolute Gasteiger partial charge is 0.480 e. The molecule has 118 valence electrons. The van der Waals surface area contributed by atoms with Gasteiger partial charge < -0.3 is 20.1 Å². The highest BCUT2D eigenvalue weighted by atomic mass is 16.5.